The van der Waals surface area contributed by atoms with Crippen LogP contribution in [0.5, 0.6) is 0 Å². The summed E-state index contributed by atoms with van der Waals surface area (Å²) in [5.41, 5.74) is 0.454. The van der Waals surface area contributed by atoms with Crippen LogP contribution in [0.15, 0.2) is 35.5 Å². The van der Waals surface area contributed by atoms with Crippen LogP contribution in [-0.4, -0.2) is 33.2 Å². The maximum atomic E-state index is 10.8. The molecule has 1 aromatic heterocycles. The summed E-state index contributed by atoms with van der Waals surface area (Å²) in [5.74, 6) is 0. The van der Waals surface area contributed by atoms with Crippen molar-refractivity contribution >= 4 is 10.1 Å². The molecule has 1 heterocycles. The number of nitrogens with zero attached hydrogens (tertiary/aromatic N) is 4. The minimum atomic E-state index is -4.20. The number of aromatic nitrogens is 4. The van der Waals surface area contributed by atoms with E-state index in [0.717, 1.165) is 0 Å². The molecule has 0 aliphatic heterocycles. The second-order valence-electron chi connectivity index (χ2n) is 2.73. The molecule has 2 rings (SSSR count). The predicted molar refractivity (Wildman–Crippen MR) is 50.1 cm³/mol. The molecule has 0 atom stereocenters. The minimum Gasteiger partial charge on any atom is -1.00 e. The van der Waals surface area contributed by atoms with Gasteiger partial charge in [-0.25, -0.2) is 4.68 Å². The van der Waals surface area contributed by atoms with E-state index in [2.05, 4.69) is 15.5 Å². The van der Waals surface area contributed by atoms with Gasteiger partial charge in [-0.05, 0) is 28.6 Å². The summed E-state index contributed by atoms with van der Waals surface area (Å²) in [6.45, 7) is 0. The van der Waals surface area contributed by atoms with Crippen LogP contribution < -0.4 is 29.6 Å². The van der Waals surface area contributed by atoms with E-state index >= 15 is 0 Å². The van der Waals surface area contributed by atoms with E-state index in [1.165, 1.54) is 29.2 Å². The Balaban J connectivity index is 0.00000128. The molecule has 2 aromatic rings. The molecule has 16 heavy (non-hydrogen) atoms. The summed E-state index contributed by atoms with van der Waals surface area (Å²) in [4.78, 5) is -0.199. The van der Waals surface area contributed by atoms with Gasteiger partial charge in [0, 0.05) is 0 Å². The van der Waals surface area contributed by atoms with Crippen molar-refractivity contribution in [2.24, 2.45) is 0 Å². The van der Waals surface area contributed by atoms with Gasteiger partial charge in [0.15, 0.2) is 0 Å². The average molecular weight is 250 g/mol. The fourth-order valence-corrected chi connectivity index (χ4v) is 1.59. The number of tetrazole rings is 1. The second-order valence-corrected chi connectivity index (χ2v) is 4.15. The number of hydrogen-bond donors (Lipinski definition) is 1. The van der Waals surface area contributed by atoms with Crippen LogP contribution in [-0.2, 0) is 10.1 Å². The molecule has 80 valence electrons. The van der Waals surface area contributed by atoms with E-state index in [0.29, 0.717) is 5.69 Å². The first-order valence-corrected chi connectivity index (χ1v) is 5.32. The summed E-state index contributed by atoms with van der Waals surface area (Å²) in [7, 11) is -4.20. The van der Waals surface area contributed by atoms with Gasteiger partial charge >= 0.3 is 29.6 Å². The van der Waals surface area contributed by atoms with Crippen molar-refractivity contribution in [2.75, 3.05) is 0 Å². The van der Waals surface area contributed by atoms with Crippen molar-refractivity contribution in [1.82, 2.24) is 20.2 Å². The Hall–Kier alpha value is -0.800. The minimum absolute atomic E-state index is 0. The zero-order chi connectivity index (χ0) is 10.9. The van der Waals surface area contributed by atoms with Crippen LogP contribution in [0.2, 0.25) is 0 Å². The molecule has 0 bridgehead atoms. The first-order chi connectivity index (χ1) is 7.07. The smallest absolute Gasteiger partial charge is 1.00 e. The summed E-state index contributed by atoms with van der Waals surface area (Å²) >= 11 is 0. The summed E-state index contributed by atoms with van der Waals surface area (Å²) in [6.07, 6.45) is 1.32. The Kier molecular flexibility index (Phi) is 4.16. The first-order valence-electron chi connectivity index (χ1n) is 3.88. The molecule has 0 unspecified atom stereocenters. The van der Waals surface area contributed by atoms with E-state index < -0.39 is 10.1 Å². The van der Waals surface area contributed by atoms with Crippen LogP contribution >= 0.6 is 0 Å². The molecule has 0 aliphatic carbocycles. The standard InChI is InChI=1S/C7H6N4O3S.Na.H/c12-15(13,14)7-3-1-2-6(4-7)11-5-8-9-10-11;;/h1-5H,(H,12,13,14);;/q;+1;-1. The van der Waals surface area contributed by atoms with Crippen molar-refractivity contribution in [3.05, 3.63) is 30.6 Å². The van der Waals surface area contributed by atoms with E-state index in [-0.39, 0.29) is 35.9 Å². The average Bonchev–Trinajstić information content (AvgIpc) is 2.69. The predicted octanol–water partition coefficient (Wildman–Crippen LogP) is -2.97. The van der Waals surface area contributed by atoms with Crippen molar-refractivity contribution in [2.45, 2.75) is 4.90 Å². The maximum absolute atomic E-state index is 10.8. The number of rotatable bonds is 2. The van der Waals surface area contributed by atoms with Gasteiger partial charge in [-0.2, -0.15) is 8.42 Å². The van der Waals surface area contributed by atoms with Crippen molar-refractivity contribution in [3.63, 3.8) is 0 Å². The molecule has 1 N–H and O–H groups in total. The van der Waals surface area contributed by atoms with Crippen LogP contribution in [0.1, 0.15) is 1.43 Å². The largest absolute Gasteiger partial charge is 1.00 e. The molecule has 7 nitrogen and oxygen atoms in total. The van der Waals surface area contributed by atoms with Crippen molar-refractivity contribution in [1.29, 1.82) is 0 Å². The normalized spacial score (nSPS) is 10.8. The molecular formula is C7H7N4NaO3S. The van der Waals surface area contributed by atoms with Crippen LogP contribution in [0, 0.1) is 0 Å². The number of benzene rings is 1. The topological polar surface area (TPSA) is 98.0 Å². The first kappa shape index (κ1) is 13.3. The van der Waals surface area contributed by atoms with Gasteiger partial charge in [-0.15, -0.1) is 5.10 Å². The Labute approximate surface area is 115 Å². The molecular weight excluding hydrogens is 243 g/mol. The van der Waals surface area contributed by atoms with Gasteiger partial charge in [-0.3, -0.25) is 4.55 Å². The summed E-state index contributed by atoms with van der Waals surface area (Å²) < 4.78 is 31.8. The number of hydrogen-bond acceptors (Lipinski definition) is 5. The van der Waals surface area contributed by atoms with Gasteiger partial charge in [0.1, 0.15) is 6.33 Å². The maximum Gasteiger partial charge on any atom is 1.00 e. The summed E-state index contributed by atoms with van der Waals surface area (Å²) in [5, 5.41) is 10.4. The monoisotopic (exact) mass is 250 g/mol. The van der Waals surface area contributed by atoms with Gasteiger partial charge in [0.05, 0.1) is 10.6 Å². The Morgan fingerprint density at radius 1 is 1.38 bits per heavy atom. The van der Waals surface area contributed by atoms with E-state index in [4.69, 9.17) is 4.55 Å². The van der Waals surface area contributed by atoms with E-state index in [1.807, 2.05) is 0 Å². The fraction of sp³-hybridized carbons (Fsp3) is 0. The van der Waals surface area contributed by atoms with E-state index in [9.17, 15) is 8.42 Å². The molecule has 0 fully saturated rings. The van der Waals surface area contributed by atoms with Gasteiger partial charge in [-0.1, -0.05) is 6.07 Å². The fourth-order valence-electron chi connectivity index (χ4n) is 1.07. The third kappa shape index (κ3) is 2.86. The van der Waals surface area contributed by atoms with Gasteiger partial charge in [0.25, 0.3) is 10.1 Å². The van der Waals surface area contributed by atoms with Crippen LogP contribution in [0.25, 0.3) is 5.69 Å². The molecule has 0 amide bonds. The van der Waals surface area contributed by atoms with Crippen LogP contribution in [0.3, 0.4) is 0 Å². The quantitative estimate of drug-likeness (QED) is 0.451. The van der Waals surface area contributed by atoms with Gasteiger partial charge < -0.3 is 1.43 Å². The molecule has 9 heteroatoms. The molecule has 0 saturated heterocycles. The zero-order valence-corrected chi connectivity index (χ0v) is 11.2. The SMILES string of the molecule is O=S(=O)(O)c1cccc(-n2cnnn2)c1.[H-].[Na+]. The van der Waals surface area contributed by atoms with Crippen LogP contribution in [0.4, 0.5) is 0 Å². The molecule has 1 aromatic carbocycles. The van der Waals surface area contributed by atoms with E-state index in [1.54, 1.807) is 6.07 Å². The Bertz CT molecular complexity index is 575. The molecule has 0 saturated carbocycles. The second kappa shape index (κ2) is 5.02. The molecule has 0 aliphatic rings. The Morgan fingerprint density at radius 2 is 2.12 bits per heavy atom. The van der Waals surface area contributed by atoms with Gasteiger partial charge in [0.2, 0.25) is 0 Å². The summed E-state index contributed by atoms with van der Waals surface area (Å²) in [6, 6.07) is 5.65. The Morgan fingerprint density at radius 3 is 2.69 bits per heavy atom. The van der Waals surface area contributed by atoms with Crippen molar-refractivity contribution in [3.8, 4) is 5.69 Å². The third-order valence-corrected chi connectivity index (χ3v) is 2.58. The third-order valence-electron chi connectivity index (χ3n) is 1.73. The van der Waals surface area contributed by atoms with Crippen molar-refractivity contribution < 1.29 is 44.0 Å². The zero-order valence-electron chi connectivity index (χ0n) is 9.35. The molecule has 0 radical (unpaired) electrons. The molecule has 0 spiro atoms.